The Morgan fingerprint density at radius 2 is 1.89 bits per heavy atom. The van der Waals surface area contributed by atoms with Gasteiger partial charge < -0.3 is 0 Å². The molecule has 0 aliphatic heterocycles. The van der Waals surface area contributed by atoms with Crippen molar-refractivity contribution in [2.75, 3.05) is 0 Å². The van der Waals surface area contributed by atoms with Gasteiger partial charge in [-0.1, -0.05) is 20.3 Å². The predicted octanol–water partition coefficient (Wildman–Crippen LogP) is 2.63. The van der Waals surface area contributed by atoms with E-state index in [0.717, 1.165) is 12.8 Å². The molecule has 1 atom stereocenters. The van der Waals surface area contributed by atoms with Gasteiger partial charge >= 0.3 is 0 Å². The van der Waals surface area contributed by atoms with Gasteiger partial charge in [-0.3, -0.25) is 0 Å². The van der Waals surface area contributed by atoms with Crippen LogP contribution in [0.4, 0.5) is 0 Å². The summed E-state index contributed by atoms with van der Waals surface area (Å²) in [5.41, 5.74) is -0.727. The quantitative estimate of drug-likeness (QED) is 0.558. The Kier molecular flexibility index (Phi) is 3.20. The van der Waals surface area contributed by atoms with E-state index in [1.54, 1.807) is 13.8 Å². The van der Waals surface area contributed by atoms with Crippen LogP contribution in [0, 0.1) is 5.92 Å². The van der Waals surface area contributed by atoms with Crippen molar-refractivity contribution in [1.82, 2.24) is 0 Å². The summed E-state index contributed by atoms with van der Waals surface area (Å²) in [5.74, 6) is 0.581. The average Bonchev–Trinajstić information content (AvgIpc) is 1.62. The molecule has 0 N–H and O–H groups in total. The molecule has 0 aromatic heterocycles. The second-order valence-corrected chi connectivity index (χ2v) is 3.48. The number of hydrogen-bond acceptors (Lipinski definition) is 0. The van der Waals surface area contributed by atoms with Crippen molar-refractivity contribution in [1.29, 1.82) is 0 Å². The number of hydrogen-bond donors (Lipinski definition) is 0. The van der Waals surface area contributed by atoms with E-state index >= 15 is 0 Å². The van der Waals surface area contributed by atoms with Crippen LogP contribution >= 0.6 is 0 Å². The normalized spacial score (nSPS) is 15.7. The van der Waals surface area contributed by atoms with E-state index in [1.807, 2.05) is 0 Å². The van der Waals surface area contributed by atoms with E-state index in [0.29, 0.717) is 5.92 Å². The second kappa shape index (κ2) is 3.21. The third-order valence-corrected chi connectivity index (χ3v) is 1.54. The number of rotatable bonds is 3. The molecule has 1 radical (unpaired) electrons. The van der Waals surface area contributed by atoms with Gasteiger partial charge in [-0.2, -0.15) is 0 Å². The highest BCUT2D eigenvalue weighted by Gasteiger charge is 2.17. The highest BCUT2D eigenvalue weighted by Crippen LogP contribution is 2.18. The Balaban J connectivity index is 3.47. The summed E-state index contributed by atoms with van der Waals surface area (Å²) in [6.45, 7) is 7.74. The summed E-state index contributed by atoms with van der Waals surface area (Å²) in [6.07, 6.45) is 1.91. The van der Waals surface area contributed by atoms with Gasteiger partial charge in [-0.15, -0.1) is 0 Å². The van der Waals surface area contributed by atoms with Gasteiger partial charge in [0.2, 0.25) is 0 Å². The molecule has 0 amide bonds. The molecular formula is C8H17O. The SMILES string of the molecule is CCC(C)CC(C)(C)[O]. The van der Waals surface area contributed by atoms with Gasteiger partial charge in [-0.05, 0) is 26.2 Å². The molecule has 0 saturated heterocycles. The van der Waals surface area contributed by atoms with Gasteiger partial charge in [-0.25, -0.2) is 5.11 Å². The fraction of sp³-hybridized carbons (Fsp3) is 1.00. The van der Waals surface area contributed by atoms with E-state index in [9.17, 15) is 5.11 Å². The Morgan fingerprint density at radius 1 is 1.44 bits per heavy atom. The smallest absolute Gasteiger partial charge is 0.0982 e. The van der Waals surface area contributed by atoms with Crippen LogP contribution in [-0.2, 0) is 5.11 Å². The van der Waals surface area contributed by atoms with E-state index < -0.39 is 5.60 Å². The molecule has 0 aliphatic carbocycles. The van der Waals surface area contributed by atoms with Crippen molar-refractivity contribution in [3.8, 4) is 0 Å². The van der Waals surface area contributed by atoms with E-state index in [2.05, 4.69) is 13.8 Å². The van der Waals surface area contributed by atoms with Gasteiger partial charge in [0.1, 0.15) is 0 Å². The molecule has 0 bridgehead atoms. The first-order chi connectivity index (χ1) is 3.95. The van der Waals surface area contributed by atoms with Crippen molar-refractivity contribution in [2.45, 2.75) is 46.1 Å². The van der Waals surface area contributed by atoms with Crippen LogP contribution in [0.25, 0.3) is 0 Å². The van der Waals surface area contributed by atoms with Crippen LogP contribution in [0.15, 0.2) is 0 Å². The summed E-state index contributed by atoms with van der Waals surface area (Å²) < 4.78 is 0. The first kappa shape index (κ1) is 8.96. The summed E-state index contributed by atoms with van der Waals surface area (Å²) in [5, 5.41) is 11.1. The standard InChI is InChI=1S/C8H17O/c1-5-7(2)6-8(3,4)9/h7H,5-6H2,1-4H3. The molecule has 0 fully saturated rings. The van der Waals surface area contributed by atoms with Crippen molar-refractivity contribution in [3.05, 3.63) is 0 Å². The fourth-order valence-corrected chi connectivity index (χ4v) is 0.984. The monoisotopic (exact) mass is 129 g/mol. The Hall–Kier alpha value is -0.0400. The molecule has 0 aromatic rings. The van der Waals surface area contributed by atoms with Crippen LogP contribution < -0.4 is 0 Å². The largest absolute Gasteiger partial charge is 0.230 e. The van der Waals surface area contributed by atoms with Crippen LogP contribution in [0.2, 0.25) is 0 Å². The van der Waals surface area contributed by atoms with Crippen molar-refractivity contribution < 1.29 is 5.11 Å². The lowest BCUT2D eigenvalue weighted by molar-refractivity contribution is -0.0148. The van der Waals surface area contributed by atoms with Gasteiger partial charge in [0, 0.05) is 0 Å². The van der Waals surface area contributed by atoms with E-state index in [4.69, 9.17) is 0 Å². The second-order valence-electron chi connectivity index (χ2n) is 3.48. The first-order valence-electron chi connectivity index (χ1n) is 3.66. The fourth-order valence-electron chi connectivity index (χ4n) is 0.984. The maximum Gasteiger partial charge on any atom is 0.0982 e. The zero-order chi connectivity index (χ0) is 7.49. The van der Waals surface area contributed by atoms with E-state index in [1.165, 1.54) is 0 Å². The zero-order valence-corrected chi connectivity index (χ0v) is 6.90. The van der Waals surface area contributed by atoms with Crippen LogP contribution in [0.1, 0.15) is 40.5 Å². The van der Waals surface area contributed by atoms with Gasteiger partial charge in [0.05, 0.1) is 5.60 Å². The zero-order valence-electron chi connectivity index (χ0n) is 6.90. The van der Waals surface area contributed by atoms with Gasteiger partial charge in [0.25, 0.3) is 0 Å². The molecule has 0 spiro atoms. The minimum absolute atomic E-state index is 0.581. The van der Waals surface area contributed by atoms with E-state index in [-0.39, 0.29) is 0 Å². The molecule has 1 unspecified atom stereocenters. The predicted molar refractivity (Wildman–Crippen MR) is 38.8 cm³/mol. The summed E-state index contributed by atoms with van der Waals surface area (Å²) >= 11 is 0. The summed E-state index contributed by atoms with van der Waals surface area (Å²) in [7, 11) is 0. The summed E-state index contributed by atoms with van der Waals surface area (Å²) in [4.78, 5) is 0. The molecule has 9 heavy (non-hydrogen) atoms. The molecule has 0 aromatic carbocycles. The maximum atomic E-state index is 11.1. The molecule has 1 nitrogen and oxygen atoms in total. The Morgan fingerprint density at radius 3 is 2.00 bits per heavy atom. The minimum Gasteiger partial charge on any atom is -0.230 e. The Labute approximate surface area is 58.1 Å². The van der Waals surface area contributed by atoms with Crippen LogP contribution in [-0.4, -0.2) is 5.60 Å². The third-order valence-electron chi connectivity index (χ3n) is 1.54. The van der Waals surface area contributed by atoms with Crippen molar-refractivity contribution in [3.63, 3.8) is 0 Å². The molecule has 1 heteroatoms. The topological polar surface area (TPSA) is 19.9 Å². The van der Waals surface area contributed by atoms with Crippen molar-refractivity contribution in [2.24, 2.45) is 5.92 Å². The lowest BCUT2D eigenvalue weighted by Gasteiger charge is -2.17. The molecule has 0 heterocycles. The highest BCUT2D eigenvalue weighted by atomic mass is 16.3. The highest BCUT2D eigenvalue weighted by molar-refractivity contribution is 4.67. The first-order valence-corrected chi connectivity index (χ1v) is 3.66. The molecule has 0 saturated carbocycles. The molecule has 55 valence electrons. The molecule has 0 aliphatic rings. The summed E-state index contributed by atoms with van der Waals surface area (Å²) in [6, 6.07) is 0. The van der Waals surface area contributed by atoms with Gasteiger partial charge in [0.15, 0.2) is 0 Å². The van der Waals surface area contributed by atoms with Crippen molar-refractivity contribution >= 4 is 0 Å². The average molecular weight is 129 g/mol. The molecular weight excluding hydrogens is 112 g/mol. The lowest BCUT2D eigenvalue weighted by atomic mass is 9.93. The lowest BCUT2D eigenvalue weighted by Crippen LogP contribution is -2.19. The maximum absolute atomic E-state index is 11.1. The minimum atomic E-state index is -0.727. The van der Waals surface area contributed by atoms with Crippen LogP contribution in [0.3, 0.4) is 0 Å². The molecule has 0 rings (SSSR count). The Bertz CT molecular complexity index is 71.1. The third kappa shape index (κ3) is 5.84. The van der Waals surface area contributed by atoms with Crippen LogP contribution in [0.5, 0.6) is 0 Å².